The molecule has 0 spiro atoms. The van der Waals surface area contributed by atoms with Gasteiger partial charge in [-0.15, -0.1) is 0 Å². The molecule has 2 N–H and O–H groups in total. The number of oxime groups is 1. The third kappa shape index (κ3) is 8.08. The molecule has 0 heterocycles. The molecule has 162 valence electrons. The highest BCUT2D eigenvalue weighted by molar-refractivity contribution is 9.11. The summed E-state index contributed by atoms with van der Waals surface area (Å²) in [4.78, 5) is 14.4. The second-order valence-corrected chi connectivity index (χ2v) is 8.82. The Hall–Kier alpha value is -1.90. The van der Waals surface area contributed by atoms with Gasteiger partial charge in [-0.25, -0.2) is 0 Å². The SMILES string of the molecule is CN(C)CCCOc1c(Br)cc(CCNC(=O)/C(Cc2ccccc2)=N/O)cc1Br. The lowest BCUT2D eigenvalue weighted by Gasteiger charge is -2.14. The lowest BCUT2D eigenvalue weighted by molar-refractivity contribution is -0.115. The second kappa shape index (κ2) is 12.7. The van der Waals surface area contributed by atoms with Crippen molar-refractivity contribution in [2.45, 2.75) is 19.3 Å². The molecule has 0 saturated carbocycles. The maximum Gasteiger partial charge on any atom is 0.269 e. The van der Waals surface area contributed by atoms with Gasteiger partial charge in [0.15, 0.2) is 0 Å². The standard InChI is InChI=1S/C22H27Br2N3O3/c1-27(2)11-6-12-30-21-18(23)13-17(14-19(21)24)9-10-25-22(28)20(26-29)15-16-7-4-3-5-8-16/h3-5,7-8,13-14,29H,6,9-12,15H2,1-2H3,(H,25,28)/b26-20+. The summed E-state index contributed by atoms with van der Waals surface area (Å²) in [7, 11) is 4.08. The number of carbonyl (C=O) groups excluding carboxylic acids is 1. The Labute approximate surface area is 194 Å². The van der Waals surface area contributed by atoms with Gasteiger partial charge < -0.3 is 20.2 Å². The Morgan fingerprint density at radius 1 is 1.13 bits per heavy atom. The van der Waals surface area contributed by atoms with E-state index in [0.717, 1.165) is 38.8 Å². The van der Waals surface area contributed by atoms with Gasteiger partial charge in [0.05, 0.1) is 15.6 Å². The molecule has 30 heavy (non-hydrogen) atoms. The lowest BCUT2D eigenvalue weighted by Crippen LogP contribution is -2.33. The van der Waals surface area contributed by atoms with Crippen molar-refractivity contribution in [3.05, 3.63) is 62.5 Å². The van der Waals surface area contributed by atoms with E-state index in [-0.39, 0.29) is 18.0 Å². The third-order valence-corrected chi connectivity index (χ3v) is 5.53. The minimum absolute atomic E-state index is 0.0880. The highest BCUT2D eigenvalue weighted by Gasteiger charge is 2.13. The number of halogens is 2. The summed E-state index contributed by atoms with van der Waals surface area (Å²) in [6.45, 7) is 2.03. The highest BCUT2D eigenvalue weighted by Crippen LogP contribution is 2.35. The molecule has 8 heteroatoms. The summed E-state index contributed by atoms with van der Waals surface area (Å²) >= 11 is 7.13. The molecule has 1 amide bonds. The highest BCUT2D eigenvalue weighted by atomic mass is 79.9. The minimum atomic E-state index is -0.375. The number of nitrogens with one attached hydrogen (secondary N) is 1. The predicted octanol–water partition coefficient (Wildman–Crippen LogP) is 4.27. The fraction of sp³-hybridized carbons (Fsp3) is 0.364. The van der Waals surface area contributed by atoms with Crippen LogP contribution in [0.2, 0.25) is 0 Å². The van der Waals surface area contributed by atoms with E-state index in [0.29, 0.717) is 19.6 Å². The molecule has 0 unspecified atom stereocenters. The maximum atomic E-state index is 12.3. The predicted molar refractivity (Wildman–Crippen MR) is 127 cm³/mol. The summed E-state index contributed by atoms with van der Waals surface area (Å²) in [6, 6.07) is 13.4. The number of carbonyl (C=O) groups is 1. The van der Waals surface area contributed by atoms with Crippen molar-refractivity contribution in [3.8, 4) is 5.75 Å². The van der Waals surface area contributed by atoms with E-state index < -0.39 is 0 Å². The molecule has 0 aromatic heterocycles. The molecule has 0 atom stereocenters. The first kappa shape index (κ1) is 24.4. The smallest absolute Gasteiger partial charge is 0.269 e. The van der Waals surface area contributed by atoms with E-state index in [2.05, 4.69) is 47.2 Å². The van der Waals surface area contributed by atoms with E-state index in [1.807, 2.05) is 56.6 Å². The van der Waals surface area contributed by atoms with E-state index in [1.165, 1.54) is 0 Å². The van der Waals surface area contributed by atoms with Gasteiger partial charge in [-0.2, -0.15) is 0 Å². The average molecular weight is 541 g/mol. The van der Waals surface area contributed by atoms with E-state index in [9.17, 15) is 10.0 Å². The summed E-state index contributed by atoms with van der Waals surface area (Å²) in [5.41, 5.74) is 2.04. The van der Waals surface area contributed by atoms with Crippen molar-refractivity contribution < 1.29 is 14.7 Å². The number of hydrogen-bond donors (Lipinski definition) is 2. The molecule has 0 aliphatic carbocycles. The number of ether oxygens (including phenoxy) is 1. The topological polar surface area (TPSA) is 74.2 Å². The van der Waals surface area contributed by atoms with Crippen LogP contribution in [-0.4, -0.2) is 55.5 Å². The van der Waals surface area contributed by atoms with Gasteiger partial charge in [-0.05, 0) is 82.1 Å². The zero-order chi connectivity index (χ0) is 21.9. The maximum absolute atomic E-state index is 12.3. The van der Waals surface area contributed by atoms with Gasteiger partial charge in [0, 0.05) is 19.5 Å². The van der Waals surface area contributed by atoms with Crippen molar-refractivity contribution in [3.63, 3.8) is 0 Å². The minimum Gasteiger partial charge on any atom is -0.491 e. The molecule has 2 aromatic rings. The molecular weight excluding hydrogens is 514 g/mol. The Kier molecular flexibility index (Phi) is 10.3. The molecule has 0 bridgehead atoms. The quantitative estimate of drug-likeness (QED) is 0.193. The number of hydrogen-bond acceptors (Lipinski definition) is 5. The first-order chi connectivity index (χ1) is 14.4. The molecular formula is C22H27Br2N3O3. The monoisotopic (exact) mass is 539 g/mol. The first-order valence-corrected chi connectivity index (χ1v) is 11.3. The summed E-state index contributed by atoms with van der Waals surface area (Å²) in [6.07, 6.45) is 1.85. The normalized spacial score (nSPS) is 11.6. The number of benzene rings is 2. The fourth-order valence-electron chi connectivity index (χ4n) is 2.82. The van der Waals surface area contributed by atoms with Crippen molar-refractivity contribution in [1.82, 2.24) is 10.2 Å². The zero-order valence-corrected chi connectivity index (χ0v) is 20.4. The number of rotatable bonds is 11. The molecule has 2 rings (SSSR count). The van der Waals surface area contributed by atoms with Gasteiger partial charge in [0.1, 0.15) is 11.5 Å². The zero-order valence-electron chi connectivity index (χ0n) is 17.2. The van der Waals surface area contributed by atoms with Crippen molar-refractivity contribution in [2.24, 2.45) is 5.16 Å². The molecule has 6 nitrogen and oxygen atoms in total. The van der Waals surface area contributed by atoms with Crippen molar-refractivity contribution >= 4 is 43.5 Å². The summed E-state index contributed by atoms with van der Waals surface area (Å²) in [5.74, 6) is 0.402. The van der Waals surface area contributed by atoms with Crippen LogP contribution in [0.15, 0.2) is 56.6 Å². The van der Waals surface area contributed by atoms with Gasteiger partial charge >= 0.3 is 0 Å². The van der Waals surface area contributed by atoms with Crippen LogP contribution in [0.1, 0.15) is 17.5 Å². The number of amides is 1. The van der Waals surface area contributed by atoms with Gasteiger partial charge in [-0.3, -0.25) is 4.79 Å². The second-order valence-electron chi connectivity index (χ2n) is 7.11. The average Bonchev–Trinajstić information content (AvgIpc) is 2.71. The van der Waals surface area contributed by atoms with Crippen LogP contribution in [0.5, 0.6) is 5.75 Å². The van der Waals surface area contributed by atoms with Crippen molar-refractivity contribution in [2.75, 3.05) is 33.8 Å². The molecule has 0 saturated heterocycles. The van der Waals surface area contributed by atoms with Gasteiger partial charge in [0.25, 0.3) is 5.91 Å². The van der Waals surface area contributed by atoms with E-state index in [4.69, 9.17) is 4.74 Å². The van der Waals surface area contributed by atoms with Crippen molar-refractivity contribution in [1.29, 1.82) is 0 Å². The van der Waals surface area contributed by atoms with Crippen LogP contribution in [0, 0.1) is 0 Å². The van der Waals surface area contributed by atoms with E-state index in [1.54, 1.807) is 0 Å². The Morgan fingerprint density at radius 2 is 1.80 bits per heavy atom. The van der Waals surface area contributed by atoms with Crippen LogP contribution in [-0.2, 0) is 17.6 Å². The van der Waals surface area contributed by atoms with E-state index >= 15 is 0 Å². The summed E-state index contributed by atoms with van der Waals surface area (Å²) < 4.78 is 7.62. The Balaban J connectivity index is 1.85. The Morgan fingerprint density at radius 3 is 2.40 bits per heavy atom. The first-order valence-electron chi connectivity index (χ1n) is 9.69. The Bertz CT molecular complexity index is 835. The molecule has 0 fully saturated rings. The number of nitrogens with zero attached hydrogens (tertiary/aromatic N) is 2. The molecule has 0 aliphatic rings. The fourth-order valence-corrected chi connectivity index (χ4v) is 4.33. The lowest BCUT2D eigenvalue weighted by atomic mass is 10.1. The largest absolute Gasteiger partial charge is 0.491 e. The van der Waals surface area contributed by atoms with Crippen LogP contribution in [0.4, 0.5) is 0 Å². The van der Waals surface area contributed by atoms with Gasteiger partial charge in [0.2, 0.25) is 0 Å². The van der Waals surface area contributed by atoms with Crippen LogP contribution >= 0.6 is 31.9 Å². The van der Waals surface area contributed by atoms with Crippen LogP contribution in [0.25, 0.3) is 0 Å². The van der Waals surface area contributed by atoms with Crippen LogP contribution in [0.3, 0.4) is 0 Å². The third-order valence-electron chi connectivity index (χ3n) is 4.35. The molecule has 0 aliphatic heterocycles. The molecule has 0 radical (unpaired) electrons. The summed E-state index contributed by atoms with van der Waals surface area (Å²) in [5, 5.41) is 15.2. The van der Waals surface area contributed by atoms with Crippen LogP contribution < -0.4 is 10.1 Å². The molecule has 2 aromatic carbocycles. The van der Waals surface area contributed by atoms with Gasteiger partial charge in [-0.1, -0.05) is 35.5 Å².